The molecule has 0 unspecified atom stereocenters. The molecule has 4 aliphatic rings. The monoisotopic (exact) mass is 366 g/mol. The van der Waals surface area contributed by atoms with E-state index < -0.39 is 28.3 Å². The summed E-state index contributed by atoms with van der Waals surface area (Å²) < 4.78 is 5.23. The number of hydrogen-bond donors (Lipinski definition) is 4. The van der Waals surface area contributed by atoms with E-state index in [0.717, 1.165) is 11.1 Å². The van der Waals surface area contributed by atoms with Crippen LogP contribution < -0.4 is 0 Å². The van der Waals surface area contributed by atoms with Gasteiger partial charge in [0, 0.05) is 11.0 Å². The van der Waals surface area contributed by atoms with Gasteiger partial charge in [0.1, 0.15) is 23.9 Å². The Labute approximate surface area is 153 Å². The third-order valence-corrected chi connectivity index (χ3v) is 8.36. The van der Waals surface area contributed by atoms with Crippen molar-refractivity contribution in [1.82, 2.24) is 0 Å². The summed E-state index contributed by atoms with van der Waals surface area (Å²) in [5.41, 5.74) is -3.69. The Morgan fingerprint density at radius 3 is 2.46 bits per heavy atom. The van der Waals surface area contributed by atoms with Crippen molar-refractivity contribution in [3.05, 3.63) is 11.1 Å². The largest absolute Gasteiger partial charge is 0.458 e. The minimum atomic E-state index is -1.77. The number of cyclic esters (lactones) is 1. The maximum atomic E-state index is 12.0. The zero-order chi connectivity index (χ0) is 19.1. The molecule has 1 aliphatic heterocycles. The Hall–Kier alpha value is -0.950. The number of carbonyl (C=O) groups excluding carboxylic acids is 1. The molecule has 0 aromatic carbocycles. The van der Waals surface area contributed by atoms with Gasteiger partial charge in [-0.3, -0.25) is 0 Å². The highest BCUT2D eigenvalue weighted by molar-refractivity contribution is 5.92. The fraction of sp³-hybridized carbons (Fsp3) is 0.850. The number of fused-ring (bicyclic) bond motifs is 4. The second kappa shape index (κ2) is 5.31. The van der Waals surface area contributed by atoms with Crippen molar-refractivity contribution in [3.63, 3.8) is 0 Å². The van der Waals surface area contributed by atoms with E-state index in [9.17, 15) is 25.2 Å². The third-order valence-electron chi connectivity index (χ3n) is 8.36. The molecule has 4 N–H and O–H groups in total. The lowest BCUT2D eigenvalue weighted by atomic mass is 9.42. The van der Waals surface area contributed by atoms with Crippen molar-refractivity contribution in [3.8, 4) is 0 Å². The molecular formula is C20H30O6. The van der Waals surface area contributed by atoms with Crippen LogP contribution in [0.2, 0.25) is 0 Å². The first-order valence-electron chi connectivity index (χ1n) is 9.75. The van der Waals surface area contributed by atoms with Gasteiger partial charge in [0.2, 0.25) is 0 Å². The molecule has 6 nitrogen and oxygen atoms in total. The lowest BCUT2D eigenvalue weighted by molar-refractivity contribution is -0.338. The molecule has 3 aliphatic carbocycles. The lowest BCUT2D eigenvalue weighted by Gasteiger charge is -2.67. The highest BCUT2D eigenvalue weighted by atomic mass is 16.5. The van der Waals surface area contributed by atoms with Crippen LogP contribution in [0.3, 0.4) is 0 Å². The van der Waals surface area contributed by atoms with Gasteiger partial charge in [-0.25, -0.2) is 4.79 Å². The molecule has 0 saturated heterocycles. The SMILES string of the molecule is CC(C)[C@]1(O)CC[C@@]2(O)[C@@]3(C)CCC4=C(COC4=O)[C@@H]3CC[C@@]2(O)[C@@H]1O. The van der Waals surface area contributed by atoms with Gasteiger partial charge in [-0.15, -0.1) is 0 Å². The average molecular weight is 366 g/mol. The molecule has 2 saturated carbocycles. The maximum Gasteiger partial charge on any atom is 0.334 e. The number of carbonyl (C=O) groups is 1. The van der Waals surface area contributed by atoms with Crippen LogP contribution in [0.25, 0.3) is 0 Å². The molecule has 2 fully saturated rings. The standard InChI is InChI=1S/C20H30O6/c1-11(2)18(23)8-9-20(25)17(3)6-4-12-13(10-26-15(12)21)14(17)5-7-19(20,24)16(18)22/h11,14,16,22-25H,4-10H2,1-3H3/t14-,16+,17-,18+,19+,20+/m0/s1. The van der Waals surface area contributed by atoms with Gasteiger partial charge in [0.05, 0.1) is 5.60 Å². The molecule has 0 amide bonds. The minimum Gasteiger partial charge on any atom is -0.458 e. The number of esters is 1. The summed E-state index contributed by atoms with van der Waals surface area (Å²) in [6, 6.07) is 0. The number of aliphatic hydroxyl groups is 4. The summed E-state index contributed by atoms with van der Waals surface area (Å²) in [6.07, 6.45) is 0.847. The summed E-state index contributed by atoms with van der Waals surface area (Å²) >= 11 is 0. The van der Waals surface area contributed by atoms with E-state index in [4.69, 9.17) is 4.74 Å². The Bertz CT molecular complexity index is 686. The van der Waals surface area contributed by atoms with Crippen LogP contribution >= 0.6 is 0 Å². The molecule has 26 heavy (non-hydrogen) atoms. The lowest BCUT2D eigenvalue weighted by Crippen LogP contribution is -2.79. The topological polar surface area (TPSA) is 107 Å². The van der Waals surface area contributed by atoms with E-state index in [1.165, 1.54) is 0 Å². The van der Waals surface area contributed by atoms with Gasteiger partial charge >= 0.3 is 5.97 Å². The summed E-state index contributed by atoms with van der Waals surface area (Å²) in [4.78, 5) is 12.0. The van der Waals surface area contributed by atoms with Crippen LogP contribution in [-0.4, -0.2) is 55.9 Å². The Morgan fingerprint density at radius 1 is 1.12 bits per heavy atom. The molecule has 0 aromatic heterocycles. The van der Waals surface area contributed by atoms with Gasteiger partial charge in [-0.1, -0.05) is 20.8 Å². The predicted octanol–water partition coefficient (Wildman–Crippen LogP) is 1.05. The molecule has 0 aromatic rings. The zero-order valence-electron chi connectivity index (χ0n) is 15.8. The average Bonchev–Trinajstić information content (AvgIpc) is 2.96. The van der Waals surface area contributed by atoms with Crippen molar-refractivity contribution in [1.29, 1.82) is 0 Å². The molecule has 0 bridgehead atoms. The number of aliphatic hydroxyl groups excluding tert-OH is 1. The fourth-order valence-electron chi connectivity index (χ4n) is 6.42. The van der Waals surface area contributed by atoms with Crippen LogP contribution in [0.1, 0.15) is 59.3 Å². The molecule has 6 heteroatoms. The summed E-state index contributed by atoms with van der Waals surface area (Å²) in [5.74, 6) is -0.550. The summed E-state index contributed by atoms with van der Waals surface area (Å²) in [6.45, 7) is 5.87. The number of hydrogen-bond acceptors (Lipinski definition) is 6. The molecule has 0 spiro atoms. The van der Waals surface area contributed by atoms with Crippen molar-refractivity contribution in [2.24, 2.45) is 17.3 Å². The highest BCUT2D eigenvalue weighted by Gasteiger charge is 2.73. The van der Waals surface area contributed by atoms with E-state index in [1.54, 1.807) is 0 Å². The second-order valence-electron chi connectivity index (χ2n) is 9.42. The van der Waals surface area contributed by atoms with E-state index in [1.807, 2.05) is 20.8 Å². The van der Waals surface area contributed by atoms with Crippen LogP contribution in [0.4, 0.5) is 0 Å². The Kier molecular flexibility index (Phi) is 3.76. The normalized spacial score (nSPS) is 51.0. The van der Waals surface area contributed by atoms with E-state index in [0.29, 0.717) is 19.3 Å². The predicted molar refractivity (Wildman–Crippen MR) is 93.0 cm³/mol. The van der Waals surface area contributed by atoms with Gasteiger partial charge in [0.15, 0.2) is 0 Å². The van der Waals surface area contributed by atoms with Gasteiger partial charge in [-0.2, -0.15) is 0 Å². The van der Waals surface area contributed by atoms with Crippen molar-refractivity contribution in [2.45, 2.75) is 82.2 Å². The minimum absolute atomic E-state index is 0.0552. The molecule has 0 radical (unpaired) electrons. The molecule has 6 atom stereocenters. The second-order valence-corrected chi connectivity index (χ2v) is 9.42. The van der Waals surface area contributed by atoms with Crippen molar-refractivity contribution >= 4 is 5.97 Å². The van der Waals surface area contributed by atoms with Gasteiger partial charge < -0.3 is 25.2 Å². The van der Waals surface area contributed by atoms with E-state index in [-0.39, 0.29) is 43.7 Å². The fourth-order valence-corrected chi connectivity index (χ4v) is 6.42. The van der Waals surface area contributed by atoms with Crippen molar-refractivity contribution in [2.75, 3.05) is 6.61 Å². The molecular weight excluding hydrogens is 336 g/mol. The smallest absolute Gasteiger partial charge is 0.334 e. The van der Waals surface area contributed by atoms with Crippen molar-refractivity contribution < 1.29 is 30.0 Å². The third kappa shape index (κ3) is 1.89. The number of ether oxygens (including phenoxy) is 1. The van der Waals surface area contributed by atoms with Crippen LogP contribution in [0, 0.1) is 17.3 Å². The highest BCUT2D eigenvalue weighted by Crippen LogP contribution is 2.65. The summed E-state index contributed by atoms with van der Waals surface area (Å²) in [5, 5.41) is 45.3. The first-order chi connectivity index (χ1) is 12.0. The molecule has 4 rings (SSSR count). The molecule has 146 valence electrons. The molecule has 1 heterocycles. The van der Waals surface area contributed by atoms with Gasteiger partial charge in [-0.05, 0) is 55.9 Å². The van der Waals surface area contributed by atoms with Crippen LogP contribution in [-0.2, 0) is 9.53 Å². The van der Waals surface area contributed by atoms with Gasteiger partial charge in [0.25, 0.3) is 0 Å². The first kappa shape index (κ1) is 18.4. The zero-order valence-corrected chi connectivity index (χ0v) is 15.8. The van der Waals surface area contributed by atoms with Crippen LogP contribution in [0.5, 0.6) is 0 Å². The van der Waals surface area contributed by atoms with E-state index >= 15 is 0 Å². The van der Waals surface area contributed by atoms with Crippen LogP contribution in [0.15, 0.2) is 11.1 Å². The first-order valence-corrected chi connectivity index (χ1v) is 9.75. The Balaban J connectivity index is 1.79. The quantitative estimate of drug-likeness (QED) is 0.517. The summed E-state index contributed by atoms with van der Waals surface area (Å²) in [7, 11) is 0. The Morgan fingerprint density at radius 2 is 1.81 bits per heavy atom. The number of rotatable bonds is 1. The maximum absolute atomic E-state index is 12.0. The van der Waals surface area contributed by atoms with E-state index in [2.05, 4.69) is 0 Å².